The number of ketones is 2. The van der Waals surface area contributed by atoms with E-state index < -0.39 is 139 Å². The number of carboxylic acid groups (broad SMARTS) is 6. The molecule has 0 aromatic heterocycles. The molecule has 0 saturated carbocycles. The second-order valence-electron chi connectivity index (χ2n) is 25.3. The van der Waals surface area contributed by atoms with E-state index >= 15 is 0 Å². The number of carboxylic acids is 6. The predicted octanol–water partition coefficient (Wildman–Crippen LogP) is 0.802. The number of carbonyl (C=O) groups excluding carboxylic acids is 10. The number of carbonyl (C=O) groups is 16. The van der Waals surface area contributed by atoms with Crippen molar-refractivity contribution in [3.05, 3.63) is 0 Å². The van der Waals surface area contributed by atoms with Gasteiger partial charge in [0.15, 0.2) is 5.78 Å². The molecule has 0 heterocycles. The van der Waals surface area contributed by atoms with Crippen LogP contribution in [0.15, 0.2) is 0 Å². The van der Waals surface area contributed by atoms with Crippen LogP contribution in [0.1, 0.15) is 200 Å². The fraction of sp³-hybridized carbons (Fsp3) is 0.768. The SMILES string of the molecule is CC(=O)[C@@H](N)CCCCNC(=O)CC[C@H](CC(=O)COCCOCCNC(=O)CC[C@H](NC(=O)COCCOCCNC(=O)CC[C@H](NC(=O)COCCOCCNC(=O)CC[C@H](NC(=O)CC[C@H](NC(=O)CCCCCCCCCCCCCCCCC(=O)O)C(=O)O)C(=O)O)C(=O)O)C(=O)O)C(=O)O. The van der Waals surface area contributed by atoms with E-state index in [2.05, 4.69) is 42.5 Å². The van der Waals surface area contributed by atoms with E-state index in [1.807, 2.05) is 0 Å². The standard InChI is InChI=1S/C69H117N9O28/c1-48(79)51(70)18-16-17-31-71-56(81)26-21-49(65(91)92)44-50(80)45-104-41-38-101-35-32-73-58(83)28-23-54(68(97)98)77-62(87)47-106-43-40-103-37-34-74-59(84)29-24-55(69(99)100)78-63(88)46-105-42-39-102-36-33-72-57(82)27-22-52(66(93)94)76-61(86)30-25-53(67(95)96)75-60(85)19-14-12-10-8-6-4-2-3-5-7-9-11-13-15-20-64(89)90/h49,51-55H,2-47,70H2,1H3,(H,71,81)(H,72,82)(H,73,83)(H,74,84)(H,75,85)(H,76,86)(H,77,87)(H,78,88)(H,89,90)(H,91,92)(H,93,94)(H,95,96)(H,97,98)(H,99,100)/t49-,51+,52+,53+,54+,55+/m1/s1. The molecule has 0 spiro atoms. The lowest BCUT2D eigenvalue weighted by Gasteiger charge is -2.17. The third-order valence-electron chi connectivity index (χ3n) is 16.1. The summed E-state index contributed by atoms with van der Waals surface area (Å²) in [7, 11) is 0. The molecule has 8 amide bonds. The average molecular weight is 1520 g/mol. The lowest BCUT2D eigenvalue weighted by atomic mass is 9.97. The number of ether oxygens (including phenoxy) is 6. The minimum Gasteiger partial charge on any atom is -0.481 e. The molecule has 0 saturated heterocycles. The molecule has 37 heteroatoms. The van der Waals surface area contributed by atoms with Crippen LogP contribution in [0.4, 0.5) is 0 Å². The highest BCUT2D eigenvalue weighted by Crippen LogP contribution is 2.16. The maximum atomic E-state index is 12.6. The van der Waals surface area contributed by atoms with Gasteiger partial charge >= 0.3 is 35.8 Å². The average Bonchev–Trinajstić information content (AvgIpc) is 0.927. The van der Waals surface area contributed by atoms with Crippen molar-refractivity contribution >= 4 is 94.6 Å². The summed E-state index contributed by atoms with van der Waals surface area (Å²) in [5.41, 5.74) is 5.68. The van der Waals surface area contributed by atoms with Gasteiger partial charge in [0, 0.05) is 77.5 Å². The fourth-order valence-corrected chi connectivity index (χ4v) is 10.0. The molecule has 606 valence electrons. The Balaban J connectivity index is 4.18. The molecule has 0 radical (unpaired) electrons. The van der Waals surface area contributed by atoms with Gasteiger partial charge in [0.05, 0.1) is 71.4 Å². The van der Waals surface area contributed by atoms with Crippen LogP contribution in [0.25, 0.3) is 0 Å². The van der Waals surface area contributed by atoms with Gasteiger partial charge < -0.3 is 107 Å². The number of amides is 8. The number of Topliss-reactive ketones (excluding diaryl/α,β-unsaturated/α-hetero) is 2. The van der Waals surface area contributed by atoms with E-state index in [1.54, 1.807) is 0 Å². The van der Waals surface area contributed by atoms with Crippen molar-refractivity contribution in [2.75, 3.05) is 105 Å². The summed E-state index contributed by atoms with van der Waals surface area (Å²) in [6.45, 7) is 0.104. The van der Waals surface area contributed by atoms with E-state index in [0.717, 1.165) is 70.6 Å². The first-order valence-corrected chi connectivity index (χ1v) is 36.5. The van der Waals surface area contributed by atoms with Gasteiger partial charge in [0.25, 0.3) is 0 Å². The van der Waals surface area contributed by atoms with E-state index in [1.165, 1.54) is 19.8 Å². The quantitative estimate of drug-likeness (QED) is 0.0375. The van der Waals surface area contributed by atoms with E-state index in [0.29, 0.717) is 32.2 Å². The molecular weight excluding hydrogens is 1400 g/mol. The second-order valence-corrected chi connectivity index (χ2v) is 25.3. The van der Waals surface area contributed by atoms with Crippen LogP contribution in [0.5, 0.6) is 0 Å². The van der Waals surface area contributed by atoms with Crippen molar-refractivity contribution in [1.29, 1.82) is 0 Å². The molecule has 16 N–H and O–H groups in total. The summed E-state index contributed by atoms with van der Waals surface area (Å²) in [6, 6.07) is -6.23. The molecular formula is C69H117N9O28. The lowest BCUT2D eigenvalue weighted by molar-refractivity contribution is -0.145. The van der Waals surface area contributed by atoms with Gasteiger partial charge in [-0.05, 0) is 71.1 Å². The van der Waals surface area contributed by atoms with Crippen LogP contribution >= 0.6 is 0 Å². The molecule has 0 fully saturated rings. The minimum atomic E-state index is -1.46. The first-order valence-electron chi connectivity index (χ1n) is 36.5. The van der Waals surface area contributed by atoms with Crippen LogP contribution < -0.4 is 48.3 Å². The van der Waals surface area contributed by atoms with Crippen molar-refractivity contribution in [3.63, 3.8) is 0 Å². The maximum absolute atomic E-state index is 12.6. The Morgan fingerprint density at radius 3 is 0.943 bits per heavy atom. The topological polar surface area (TPSA) is 572 Å². The number of hydrogen-bond donors (Lipinski definition) is 15. The van der Waals surface area contributed by atoms with Gasteiger partial charge in [-0.3, -0.25) is 57.5 Å². The molecule has 0 bridgehead atoms. The normalized spacial score (nSPS) is 12.7. The molecule has 0 unspecified atom stereocenters. The largest absolute Gasteiger partial charge is 0.481 e. The Bertz CT molecular complexity index is 2650. The smallest absolute Gasteiger partial charge is 0.326 e. The molecule has 0 aliphatic heterocycles. The van der Waals surface area contributed by atoms with Crippen molar-refractivity contribution in [2.45, 2.75) is 230 Å². The van der Waals surface area contributed by atoms with Crippen molar-refractivity contribution in [3.8, 4) is 0 Å². The zero-order valence-corrected chi connectivity index (χ0v) is 61.2. The number of nitrogens with two attached hydrogens (primary N) is 1. The number of unbranched alkanes of at least 4 members (excludes halogenated alkanes) is 14. The molecule has 0 aliphatic rings. The third kappa shape index (κ3) is 58.9. The highest BCUT2D eigenvalue weighted by molar-refractivity contribution is 5.88. The number of aliphatic carboxylic acids is 6. The van der Waals surface area contributed by atoms with E-state index in [9.17, 15) is 102 Å². The first-order chi connectivity index (χ1) is 50.6. The van der Waals surface area contributed by atoms with Crippen LogP contribution in [0.3, 0.4) is 0 Å². The first kappa shape index (κ1) is 97.6. The summed E-state index contributed by atoms with van der Waals surface area (Å²) >= 11 is 0. The summed E-state index contributed by atoms with van der Waals surface area (Å²) < 4.78 is 31.7. The molecule has 37 nitrogen and oxygen atoms in total. The van der Waals surface area contributed by atoms with Gasteiger partial charge in [-0.15, -0.1) is 0 Å². The third-order valence-corrected chi connectivity index (χ3v) is 16.1. The number of nitrogens with one attached hydrogen (secondary N) is 8. The fourth-order valence-electron chi connectivity index (χ4n) is 10.0. The van der Waals surface area contributed by atoms with Crippen LogP contribution in [-0.4, -0.2) is 261 Å². The Morgan fingerprint density at radius 1 is 0.292 bits per heavy atom. The summed E-state index contributed by atoms with van der Waals surface area (Å²) in [5.74, 6) is -14.0. The minimum absolute atomic E-state index is 0.00292. The highest BCUT2D eigenvalue weighted by Gasteiger charge is 2.27. The summed E-state index contributed by atoms with van der Waals surface area (Å²) in [6.07, 6.45) is 13.4. The molecule has 0 rings (SSSR count). The van der Waals surface area contributed by atoms with Crippen molar-refractivity contribution in [2.24, 2.45) is 11.7 Å². The Morgan fingerprint density at radius 2 is 0.594 bits per heavy atom. The van der Waals surface area contributed by atoms with Crippen molar-refractivity contribution < 1.29 is 136 Å². The second kappa shape index (κ2) is 63.9. The zero-order chi connectivity index (χ0) is 79.1. The summed E-state index contributed by atoms with van der Waals surface area (Å²) in [5, 5.41) is 76.1. The number of rotatable bonds is 73. The van der Waals surface area contributed by atoms with Gasteiger partial charge in [-0.25, -0.2) is 19.2 Å². The van der Waals surface area contributed by atoms with Crippen LogP contribution in [0, 0.1) is 5.92 Å². The van der Waals surface area contributed by atoms with Crippen LogP contribution in [0.2, 0.25) is 0 Å². The lowest BCUT2D eigenvalue weighted by Crippen LogP contribution is -2.44. The van der Waals surface area contributed by atoms with Gasteiger partial charge in [0.2, 0.25) is 47.3 Å². The van der Waals surface area contributed by atoms with Gasteiger partial charge in [0.1, 0.15) is 49.8 Å². The zero-order valence-electron chi connectivity index (χ0n) is 61.2. The highest BCUT2D eigenvalue weighted by atomic mass is 16.5. The monoisotopic (exact) mass is 1520 g/mol. The molecule has 106 heavy (non-hydrogen) atoms. The summed E-state index contributed by atoms with van der Waals surface area (Å²) in [4.78, 5) is 192. The Labute approximate surface area is 617 Å². The van der Waals surface area contributed by atoms with Gasteiger partial charge in [-0.1, -0.05) is 77.0 Å². The van der Waals surface area contributed by atoms with Crippen molar-refractivity contribution in [1.82, 2.24) is 42.5 Å². The maximum Gasteiger partial charge on any atom is 0.326 e. The Kier molecular flexibility index (Phi) is 58.8. The van der Waals surface area contributed by atoms with E-state index in [-0.39, 0.29) is 174 Å². The molecule has 6 atom stereocenters. The van der Waals surface area contributed by atoms with Gasteiger partial charge in [-0.2, -0.15) is 0 Å². The molecule has 0 aromatic carbocycles. The predicted molar refractivity (Wildman–Crippen MR) is 376 cm³/mol. The Hall–Kier alpha value is -8.36. The molecule has 0 aromatic rings. The number of hydrogen-bond acceptors (Lipinski definition) is 23. The molecule has 0 aliphatic carbocycles. The van der Waals surface area contributed by atoms with E-state index in [4.69, 9.17) is 39.3 Å². The van der Waals surface area contributed by atoms with Crippen LogP contribution in [-0.2, 0) is 105 Å².